The third kappa shape index (κ3) is 2.94. The van der Waals surface area contributed by atoms with Crippen molar-refractivity contribution in [1.29, 1.82) is 0 Å². The van der Waals surface area contributed by atoms with Gasteiger partial charge in [0.15, 0.2) is 0 Å². The fourth-order valence-electron chi connectivity index (χ4n) is 1.73. The van der Waals surface area contributed by atoms with Crippen LogP contribution in [0.5, 0.6) is 0 Å². The molecule has 104 valence electrons. The molecule has 0 aliphatic heterocycles. The van der Waals surface area contributed by atoms with Crippen molar-refractivity contribution in [2.24, 2.45) is 0 Å². The van der Waals surface area contributed by atoms with E-state index in [-0.39, 0.29) is 22.8 Å². The summed E-state index contributed by atoms with van der Waals surface area (Å²) in [6.45, 7) is 0.218. The van der Waals surface area contributed by atoms with Crippen molar-refractivity contribution in [3.63, 3.8) is 0 Å². The fourth-order valence-corrected chi connectivity index (χ4v) is 1.90. The van der Waals surface area contributed by atoms with E-state index in [9.17, 15) is 14.9 Å². The molecule has 0 bridgehead atoms. The van der Waals surface area contributed by atoms with Crippen molar-refractivity contribution >= 4 is 23.2 Å². The molecule has 0 unspecified atom stereocenters. The molecule has 0 radical (unpaired) electrons. The molecule has 0 atom stereocenters. The Morgan fingerprint density at radius 2 is 2.30 bits per heavy atom. The maximum absolute atomic E-state index is 12.3. The quantitative estimate of drug-likeness (QED) is 0.691. The Labute approximate surface area is 119 Å². The predicted octanol–water partition coefficient (Wildman–Crippen LogP) is 2.24. The van der Waals surface area contributed by atoms with E-state index >= 15 is 0 Å². The van der Waals surface area contributed by atoms with Crippen molar-refractivity contribution < 1.29 is 9.72 Å². The number of aromatic nitrogens is 2. The number of hydrogen-bond donors (Lipinski definition) is 1. The summed E-state index contributed by atoms with van der Waals surface area (Å²) in [7, 11) is 1.54. The Hall–Kier alpha value is -2.41. The van der Waals surface area contributed by atoms with Crippen molar-refractivity contribution in [2.75, 3.05) is 7.05 Å². The topological polar surface area (TPSA) is 92.1 Å². The highest BCUT2D eigenvalue weighted by Gasteiger charge is 2.23. The molecule has 2 rings (SSSR count). The standard InChI is InChI=1S/C12H11ClN4O3/c1-16(7-11-14-4-5-15-11)12(18)9-6-8(13)2-3-10(9)17(19)20/h2-6H,7H2,1H3,(H,14,15). The van der Waals surface area contributed by atoms with E-state index < -0.39 is 10.8 Å². The van der Waals surface area contributed by atoms with Gasteiger partial charge in [0, 0.05) is 30.5 Å². The van der Waals surface area contributed by atoms with Crippen molar-refractivity contribution in [3.8, 4) is 0 Å². The Balaban J connectivity index is 2.28. The molecule has 20 heavy (non-hydrogen) atoms. The van der Waals surface area contributed by atoms with Crippen molar-refractivity contribution in [1.82, 2.24) is 14.9 Å². The summed E-state index contributed by atoms with van der Waals surface area (Å²) in [6.07, 6.45) is 3.20. The van der Waals surface area contributed by atoms with Crippen LogP contribution >= 0.6 is 11.6 Å². The first-order valence-electron chi connectivity index (χ1n) is 5.66. The monoisotopic (exact) mass is 294 g/mol. The average molecular weight is 295 g/mol. The third-order valence-corrected chi connectivity index (χ3v) is 2.91. The van der Waals surface area contributed by atoms with Gasteiger partial charge in [0.25, 0.3) is 11.6 Å². The van der Waals surface area contributed by atoms with E-state index in [1.165, 1.54) is 30.1 Å². The van der Waals surface area contributed by atoms with Gasteiger partial charge in [-0.3, -0.25) is 14.9 Å². The molecule has 0 fully saturated rings. The van der Waals surface area contributed by atoms with E-state index in [2.05, 4.69) is 9.97 Å². The number of benzene rings is 1. The zero-order chi connectivity index (χ0) is 14.7. The van der Waals surface area contributed by atoms with Crippen LogP contribution in [-0.4, -0.2) is 32.7 Å². The first-order chi connectivity index (χ1) is 9.49. The van der Waals surface area contributed by atoms with Crippen LogP contribution < -0.4 is 0 Å². The summed E-state index contributed by atoms with van der Waals surface area (Å²) in [6, 6.07) is 3.89. The first-order valence-corrected chi connectivity index (χ1v) is 6.04. The van der Waals surface area contributed by atoms with Gasteiger partial charge in [-0.15, -0.1) is 0 Å². The normalized spacial score (nSPS) is 10.3. The van der Waals surface area contributed by atoms with Crippen molar-refractivity contribution in [2.45, 2.75) is 6.54 Å². The molecule has 7 nitrogen and oxygen atoms in total. The Morgan fingerprint density at radius 3 is 2.90 bits per heavy atom. The summed E-state index contributed by atoms with van der Waals surface area (Å²) < 4.78 is 0. The molecule has 0 saturated carbocycles. The number of carbonyl (C=O) groups is 1. The minimum atomic E-state index is -0.607. The molecular weight excluding hydrogens is 284 g/mol. The molecule has 1 N–H and O–H groups in total. The number of halogens is 1. The van der Waals surface area contributed by atoms with Gasteiger partial charge in [-0.1, -0.05) is 11.6 Å². The van der Waals surface area contributed by atoms with E-state index in [4.69, 9.17) is 11.6 Å². The smallest absolute Gasteiger partial charge is 0.282 e. The number of imidazole rings is 1. The number of amides is 1. The largest absolute Gasteiger partial charge is 0.347 e. The summed E-state index contributed by atoms with van der Waals surface area (Å²) in [5.41, 5.74) is -0.317. The van der Waals surface area contributed by atoms with Gasteiger partial charge in [0.1, 0.15) is 11.4 Å². The minimum absolute atomic E-state index is 0.0449. The lowest BCUT2D eigenvalue weighted by Gasteiger charge is -2.15. The number of carbonyl (C=O) groups excluding carboxylic acids is 1. The molecular formula is C12H11ClN4O3. The second-order valence-electron chi connectivity index (χ2n) is 4.12. The number of nitrogens with zero attached hydrogens (tertiary/aromatic N) is 3. The number of rotatable bonds is 4. The van der Waals surface area contributed by atoms with Gasteiger partial charge in [0.2, 0.25) is 0 Å². The van der Waals surface area contributed by atoms with Crippen LogP contribution in [0, 0.1) is 10.1 Å². The lowest BCUT2D eigenvalue weighted by molar-refractivity contribution is -0.385. The number of nitro benzene ring substituents is 1. The molecule has 1 amide bonds. The van der Waals surface area contributed by atoms with E-state index in [1.807, 2.05) is 0 Å². The Kier molecular flexibility index (Phi) is 3.99. The molecule has 1 aromatic heterocycles. The van der Waals surface area contributed by atoms with Gasteiger partial charge in [0.05, 0.1) is 11.5 Å². The van der Waals surface area contributed by atoms with E-state index in [1.54, 1.807) is 12.4 Å². The highest BCUT2D eigenvalue weighted by atomic mass is 35.5. The zero-order valence-corrected chi connectivity index (χ0v) is 11.3. The summed E-state index contributed by atoms with van der Waals surface area (Å²) >= 11 is 5.80. The summed E-state index contributed by atoms with van der Waals surface area (Å²) in [5.74, 6) is 0.0983. The molecule has 1 heterocycles. The van der Waals surface area contributed by atoms with Gasteiger partial charge in [-0.25, -0.2) is 4.98 Å². The summed E-state index contributed by atoms with van der Waals surface area (Å²) in [5, 5.41) is 11.2. The van der Waals surface area contributed by atoms with Crippen LogP contribution in [0.2, 0.25) is 5.02 Å². The molecule has 1 aromatic carbocycles. The highest BCUT2D eigenvalue weighted by molar-refractivity contribution is 6.31. The second kappa shape index (κ2) is 5.70. The van der Waals surface area contributed by atoms with E-state index in [0.29, 0.717) is 5.82 Å². The molecule has 0 aliphatic rings. The zero-order valence-electron chi connectivity index (χ0n) is 10.5. The number of H-pyrrole nitrogens is 1. The molecule has 0 aliphatic carbocycles. The van der Waals surface area contributed by atoms with Gasteiger partial charge in [-0.2, -0.15) is 0 Å². The molecule has 0 saturated heterocycles. The van der Waals surface area contributed by atoms with Crippen LogP contribution in [-0.2, 0) is 6.54 Å². The Morgan fingerprint density at radius 1 is 1.55 bits per heavy atom. The van der Waals surface area contributed by atoms with Crippen LogP contribution in [0.25, 0.3) is 0 Å². The molecule has 0 spiro atoms. The lowest BCUT2D eigenvalue weighted by atomic mass is 10.1. The molecule has 2 aromatic rings. The van der Waals surface area contributed by atoms with Crippen molar-refractivity contribution in [3.05, 3.63) is 57.1 Å². The maximum Gasteiger partial charge on any atom is 0.282 e. The van der Waals surface area contributed by atoms with Crippen LogP contribution in [0.1, 0.15) is 16.2 Å². The summed E-state index contributed by atoms with van der Waals surface area (Å²) in [4.78, 5) is 30.8. The van der Waals surface area contributed by atoms with Crippen LogP contribution in [0.4, 0.5) is 5.69 Å². The minimum Gasteiger partial charge on any atom is -0.347 e. The number of nitrogens with one attached hydrogen (secondary N) is 1. The molecule has 8 heteroatoms. The van der Waals surface area contributed by atoms with Crippen LogP contribution in [0.3, 0.4) is 0 Å². The fraction of sp³-hybridized carbons (Fsp3) is 0.167. The predicted molar refractivity (Wildman–Crippen MR) is 72.5 cm³/mol. The number of hydrogen-bond acceptors (Lipinski definition) is 4. The Bertz CT molecular complexity index is 642. The van der Waals surface area contributed by atoms with Gasteiger partial charge >= 0.3 is 0 Å². The van der Waals surface area contributed by atoms with Crippen LogP contribution in [0.15, 0.2) is 30.6 Å². The maximum atomic E-state index is 12.3. The number of aromatic amines is 1. The number of nitro groups is 1. The SMILES string of the molecule is CN(Cc1ncc[nH]1)C(=O)c1cc(Cl)ccc1[N+](=O)[O-]. The van der Waals surface area contributed by atoms with Gasteiger partial charge in [-0.05, 0) is 12.1 Å². The lowest BCUT2D eigenvalue weighted by Crippen LogP contribution is -2.27. The van der Waals surface area contributed by atoms with Gasteiger partial charge < -0.3 is 9.88 Å². The third-order valence-electron chi connectivity index (χ3n) is 2.67. The average Bonchev–Trinajstić information content (AvgIpc) is 2.90. The van der Waals surface area contributed by atoms with E-state index in [0.717, 1.165) is 0 Å². The first kappa shape index (κ1) is 14.0. The highest BCUT2D eigenvalue weighted by Crippen LogP contribution is 2.24. The second-order valence-corrected chi connectivity index (χ2v) is 4.55.